The molecule has 0 aromatic heterocycles. The lowest BCUT2D eigenvalue weighted by Crippen LogP contribution is -2.18. The van der Waals surface area contributed by atoms with Crippen LogP contribution in [-0.4, -0.2) is 14.2 Å². The minimum Gasteiger partial charge on any atom is -0.294 e. The largest absolute Gasteiger partial charge is 0.294 e. The molecule has 0 fully saturated rings. The van der Waals surface area contributed by atoms with Crippen molar-refractivity contribution in [2.75, 3.05) is 0 Å². The summed E-state index contributed by atoms with van der Waals surface area (Å²) in [6.45, 7) is 6.97. The lowest BCUT2D eigenvalue weighted by atomic mass is 9.93. The van der Waals surface area contributed by atoms with E-state index in [0.29, 0.717) is 11.1 Å². The number of ketones is 1. The predicted molar refractivity (Wildman–Crippen MR) is 66.5 cm³/mol. The second-order valence-corrected chi connectivity index (χ2v) is 5.97. The number of carbonyl (C=O) groups is 1. The van der Waals surface area contributed by atoms with Crippen LogP contribution in [0.2, 0.25) is 0 Å². The maximum absolute atomic E-state index is 12.0. The highest BCUT2D eigenvalue weighted by Crippen LogP contribution is 2.23. The number of primary sulfonamides is 1. The Labute approximate surface area is 102 Å². The first kappa shape index (κ1) is 13.9. The second-order valence-electron chi connectivity index (χ2n) is 4.44. The number of hydrogen-bond donors (Lipinski definition) is 1. The molecule has 17 heavy (non-hydrogen) atoms. The van der Waals surface area contributed by atoms with Gasteiger partial charge in [-0.1, -0.05) is 19.9 Å². The Morgan fingerprint density at radius 2 is 1.76 bits per heavy atom. The van der Waals surface area contributed by atoms with Crippen molar-refractivity contribution in [2.24, 2.45) is 11.1 Å². The third-order valence-corrected chi connectivity index (χ3v) is 3.76. The molecule has 0 unspecified atom stereocenters. The fraction of sp³-hybridized carbons (Fsp3) is 0.417. The Kier molecular flexibility index (Phi) is 3.74. The number of sulfonamides is 1. The van der Waals surface area contributed by atoms with E-state index < -0.39 is 10.0 Å². The molecule has 0 radical (unpaired) electrons. The summed E-state index contributed by atoms with van der Waals surface area (Å²) in [6, 6.07) is 3.06. The average molecular weight is 255 g/mol. The van der Waals surface area contributed by atoms with Gasteiger partial charge < -0.3 is 0 Å². The molecule has 0 atom stereocenters. The molecule has 0 saturated heterocycles. The van der Waals surface area contributed by atoms with Crippen LogP contribution < -0.4 is 5.14 Å². The van der Waals surface area contributed by atoms with Crippen molar-refractivity contribution in [3.63, 3.8) is 0 Å². The van der Waals surface area contributed by atoms with Crippen molar-refractivity contribution in [1.29, 1.82) is 0 Å². The first-order valence-corrected chi connectivity index (χ1v) is 6.88. The van der Waals surface area contributed by atoms with Gasteiger partial charge in [-0.25, -0.2) is 13.6 Å². The van der Waals surface area contributed by atoms with E-state index in [1.165, 1.54) is 6.07 Å². The van der Waals surface area contributed by atoms with Crippen LogP contribution in [-0.2, 0) is 10.0 Å². The fourth-order valence-corrected chi connectivity index (χ4v) is 2.59. The standard InChI is InChI=1S/C12H17NO3S/c1-7(2)12(14)11-8(3)5-6-10(9(11)4)17(13,15)16/h5-7H,1-4H3,(H2,13,15,16). The number of Topliss-reactive ketones (excluding diaryl/α,β-unsaturated/α-hetero) is 1. The van der Waals surface area contributed by atoms with Crippen LogP contribution in [0.1, 0.15) is 35.3 Å². The van der Waals surface area contributed by atoms with Crippen LogP contribution >= 0.6 is 0 Å². The molecule has 0 bridgehead atoms. The smallest absolute Gasteiger partial charge is 0.238 e. The fourth-order valence-electron chi connectivity index (χ4n) is 1.80. The molecule has 5 heteroatoms. The molecule has 0 amide bonds. The zero-order chi connectivity index (χ0) is 13.4. The summed E-state index contributed by atoms with van der Waals surface area (Å²) in [5.41, 5.74) is 1.67. The van der Waals surface area contributed by atoms with E-state index in [2.05, 4.69) is 0 Å². The van der Waals surface area contributed by atoms with Crippen molar-refractivity contribution in [1.82, 2.24) is 0 Å². The molecule has 94 valence electrons. The Balaban J connectivity index is 3.57. The van der Waals surface area contributed by atoms with Gasteiger partial charge in [-0.05, 0) is 31.0 Å². The number of hydrogen-bond acceptors (Lipinski definition) is 3. The van der Waals surface area contributed by atoms with Crippen molar-refractivity contribution in [3.05, 3.63) is 28.8 Å². The number of rotatable bonds is 3. The van der Waals surface area contributed by atoms with Crippen LogP contribution in [0.4, 0.5) is 0 Å². The van der Waals surface area contributed by atoms with Crippen molar-refractivity contribution in [2.45, 2.75) is 32.6 Å². The van der Waals surface area contributed by atoms with Crippen molar-refractivity contribution < 1.29 is 13.2 Å². The van der Waals surface area contributed by atoms with E-state index >= 15 is 0 Å². The van der Waals surface area contributed by atoms with E-state index in [1.807, 2.05) is 0 Å². The zero-order valence-corrected chi connectivity index (χ0v) is 11.3. The van der Waals surface area contributed by atoms with Gasteiger partial charge in [0.15, 0.2) is 5.78 Å². The van der Waals surface area contributed by atoms with E-state index in [1.54, 1.807) is 33.8 Å². The van der Waals surface area contributed by atoms with E-state index in [0.717, 1.165) is 5.56 Å². The van der Waals surface area contributed by atoms with Gasteiger partial charge in [-0.3, -0.25) is 4.79 Å². The maximum atomic E-state index is 12.0. The van der Waals surface area contributed by atoms with E-state index in [4.69, 9.17) is 5.14 Å². The first-order valence-electron chi connectivity index (χ1n) is 5.33. The van der Waals surface area contributed by atoms with Gasteiger partial charge in [0, 0.05) is 11.5 Å². The van der Waals surface area contributed by atoms with Crippen molar-refractivity contribution in [3.8, 4) is 0 Å². The molecule has 0 spiro atoms. The molecule has 0 saturated carbocycles. The molecule has 0 heterocycles. The highest BCUT2D eigenvalue weighted by atomic mass is 32.2. The quantitative estimate of drug-likeness (QED) is 0.836. The lowest BCUT2D eigenvalue weighted by molar-refractivity contribution is 0.0938. The molecule has 4 nitrogen and oxygen atoms in total. The Bertz CT molecular complexity index is 559. The molecule has 0 aliphatic carbocycles. The lowest BCUT2D eigenvalue weighted by Gasteiger charge is -2.13. The van der Waals surface area contributed by atoms with Gasteiger partial charge in [-0.15, -0.1) is 0 Å². The highest BCUT2D eigenvalue weighted by molar-refractivity contribution is 7.89. The topological polar surface area (TPSA) is 77.2 Å². The summed E-state index contributed by atoms with van der Waals surface area (Å²) in [5.74, 6) is -0.242. The van der Waals surface area contributed by atoms with Gasteiger partial charge in [0.05, 0.1) is 4.90 Å². The maximum Gasteiger partial charge on any atom is 0.238 e. The van der Waals surface area contributed by atoms with Gasteiger partial charge in [0.1, 0.15) is 0 Å². The second kappa shape index (κ2) is 4.58. The minimum atomic E-state index is -3.78. The molecule has 2 N–H and O–H groups in total. The van der Waals surface area contributed by atoms with Crippen LogP contribution in [0.15, 0.2) is 17.0 Å². The SMILES string of the molecule is Cc1ccc(S(N)(=O)=O)c(C)c1C(=O)C(C)C. The average Bonchev–Trinajstić information content (AvgIpc) is 2.14. The predicted octanol–water partition coefficient (Wildman–Crippen LogP) is 1.79. The van der Waals surface area contributed by atoms with Crippen LogP contribution in [0.5, 0.6) is 0 Å². The molecule has 0 aliphatic heterocycles. The van der Waals surface area contributed by atoms with Crippen LogP contribution in [0.25, 0.3) is 0 Å². The minimum absolute atomic E-state index is 0.0205. The van der Waals surface area contributed by atoms with Gasteiger partial charge in [-0.2, -0.15) is 0 Å². The molecular formula is C12H17NO3S. The molecule has 1 rings (SSSR count). The van der Waals surface area contributed by atoms with Crippen LogP contribution in [0, 0.1) is 19.8 Å². The van der Waals surface area contributed by atoms with Gasteiger partial charge in [0.25, 0.3) is 0 Å². The monoisotopic (exact) mass is 255 g/mol. The molecule has 0 aliphatic rings. The van der Waals surface area contributed by atoms with Gasteiger partial charge >= 0.3 is 0 Å². The summed E-state index contributed by atoms with van der Waals surface area (Å²) in [7, 11) is -3.78. The third kappa shape index (κ3) is 2.73. The van der Waals surface area contributed by atoms with E-state index in [-0.39, 0.29) is 16.6 Å². The summed E-state index contributed by atoms with van der Waals surface area (Å²) in [6.07, 6.45) is 0. The Hall–Kier alpha value is -1.20. The van der Waals surface area contributed by atoms with Gasteiger partial charge in [0.2, 0.25) is 10.0 Å². The summed E-state index contributed by atoms with van der Waals surface area (Å²) in [5, 5.41) is 5.11. The first-order chi connectivity index (χ1) is 7.66. The third-order valence-electron chi connectivity index (χ3n) is 2.70. The molecule has 1 aromatic carbocycles. The number of nitrogens with two attached hydrogens (primary N) is 1. The molecular weight excluding hydrogens is 238 g/mol. The number of benzene rings is 1. The van der Waals surface area contributed by atoms with Crippen molar-refractivity contribution >= 4 is 15.8 Å². The Morgan fingerprint density at radius 3 is 2.18 bits per heavy atom. The molecule has 1 aromatic rings. The number of aryl methyl sites for hydroxylation is 1. The number of carbonyl (C=O) groups excluding carboxylic acids is 1. The Morgan fingerprint density at radius 1 is 1.24 bits per heavy atom. The van der Waals surface area contributed by atoms with E-state index in [9.17, 15) is 13.2 Å². The summed E-state index contributed by atoms with van der Waals surface area (Å²) in [4.78, 5) is 12.1. The van der Waals surface area contributed by atoms with Crippen LogP contribution in [0.3, 0.4) is 0 Å². The zero-order valence-electron chi connectivity index (χ0n) is 10.4. The summed E-state index contributed by atoms with van der Waals surface area (Å²) >= 11 is 0. The highest BCUT2D eigenvalue weighted by Gasteiger charge is 2.21. The summed E-state index contributed by atoms with van der Waals surface area (Å²) < 4.78 is 22.8. The normalized spacial score (nSPS) is 11.9.